The minimum absolute atomic E-state index is 0.115. The molecular weight excluding hydrogens is 321 g/mol. The number of methoxy groups -OCH3 is 1. The van der Waals surface area contributed by atoms with Crippen LogP contribution in [0.4, 0.5) is 0 Å². The first-order valence-electron chi connectivity index (χ1n) is 7.77. The molecule has 1 unspecified atom stereocenters. The third kappa shape index (κ3) is 4.61. The summed E-state index contributed by atoms with van der Waals surface area (Å²) in [6.07, 6.45) is 3.05. The van der Waals surface area contributed by atoms with Crippen molar-refractivity contribution in [1.29, 1.82) is 0 Å². The van der Waals surface area contributed by atoms with Gasteiger partial charge in [-0.15, -0.1) is 11.6 Å². The summed E-state index contributed by atoms with van der Waals surface area (Å²) in [6, 6.07) is 7.81. The van der Waals surface area contributed by atoms with E-state index in [0.717, 1.165) is 43.9 Å². The number of carbonyl (C=O) groups excluding carboxylic acids is 1. The molecule has 1 aromatic rings. The van der Waals surface area contributed by atoms with Crippen molar-refractivity contribution in [2.45, 2.75) is 25.2 Å². The van der Waals surface area contributed by atoms with E-state index in [9.17, 15) is 4.79 Å². The van der Waals surface area contributed by atoms with Crippen LogP contribution in [0.25, 0.3) is 0 Å². The molecule has 0 spiro atoms. The Balaban J connectivity index is 2.06. The quantitative estimate of drug-likeness (QED) is 0.445. The number of hydrogen-bond acceptors (Lipinski definition) is 3. The van der Waals surface area contributed by atoms with E-state index in [1.807, 2.05) is 24.3 Å². The van der Waals surface area contributed by atoms with E-state index in [1.54, 1.807) is 0 Å². The summed E-state index contributed by atoms with van der Waals surface area (Å²) in [7, 11) is 1.47. The standard InChI is InChI=1S/C17H23Cl2NO2/c1-22-17(21)16-12-20(10-3-2-9-18)11-8-15(16)13-4-6-14(19)7-5-13/h4-7,15-16H,2-3,8-12H2,1H3/t15?,16-/m0/s1. The monoisotopic (exact) mass is 343 g/mol. The first-order chi connectivity index (χ1) is 10.7. The normalized spacial score (nSPS) is 22.5. The highest BCUT2D eigenvalue weighted by atomic mass is 35.5. The van der Waals surface area contributed by atoms with Gasteiger partial charge in [-0.05, 0) is 56.0 Å². The van der Waals surface area contributed by atoms with Gasteiger partial charge in [0.05, 0.1) is 13.0 Å². The zero-order valence-electron chi connectivity index (χ0n) is 12.9. The molecule has 0 amide bonds. The van der Waals surface area contributed by atoms with Crippen molar-refractivity contribution in [3.63, 3.8) is 0 Å². The molecular formula is C17H23Cl2NO2. The van der Waals surface area contributed by atoms with Crippen molar-refractivity contribution in [2.24, 2.45) is 5.92 Å². The summed E-state index contributed by atoms with van der Waals surface area (Å²) >= 11 is 11.7. The molecule has 0 aromatic heterocycles. The molecule has 2 atom stereocenters. The second kappa shape index (κ2) is 8.76. The van der Waals surface area contributed by atoms with Gasteiger partial charge in [-0.1, -0.05) is 23.7 Å². The molecule has 2 rings (SSSR count). The molecule has 0 N–H and O–H groups in total. The summed E-state index contributed by atoms with van der Waals surface area (Å²) in [6.45, 7) is 2.75. The van der Waals surface area contributed by atoms with Crippen LogP contribution in [-0.4, -0.2) is 43.5 Å². The number of ether oxygens (including phenoxy) is 1. The molecule has 0 bridgehead atoms. The number of benzene rings is 1. The number of carbonyl (C=O) groups is 1. The average molecular weight is 344 g/mol. The van der Waals surface area contributed by atoms with E-state index in [2.05, 4.69) is 4.90 Å². The lowest BCUT2D eigenvalue weighted by Crippen LogP contribution is -2.43. The third-order valence-corrected chi connectivity index (χ3v) is 4.88. The average Bonchev–Trinajstić information content (AvgIpc) is 2.55. The van der Waals surface area contributed by atoms with Gasteiger partial charge in [-0.25, -0.2) is 0 Å². The van der Waals surface area contributed by atoms with E-state index in [-0.39, 0.29) is 17.8 Å². The van der Waals surface area contributed by atoms with Gasteiger partial charge in [0.2, 0.25) is 0 Å². The summed E-state index contributed by atoms with van der Waals surface area (Å²) in [5.74, 6) is 0.661. The Morgan fingerprint density at radius 1 is 1.32 bits per heavy atom. The SMILES string of the molecule is COC(=O)[C@H]1CN(CCCCCl)CCC1c1ccc(Cl)cc1. The maximum Gasteiger partial charge on any atom is 0.310 e. The highest BCUT2D eigenvalue weighted by molar-refractivity contribution is 6.30. The molecule has 0 aliphatic carbocycles. The minimum Gasteiger partial charge on any atom is -0.469 e. The number of likely N-dealkylation sites (tertiary alicyclic amines) is 1. The molecule has 0 saturated carbocycles. The summed E-state index contributed by atoms with van der Waals surface area (Å²) in [5.41, 5.74) is 1.17. The minimum atomic E-state index is -0.123. The number of esters is 1. The molecule has 1 saturated heterocycles. The molecule has 1 aliphatic rings. The van der Waals surface area contributed by atoms with Crippen LogP contribution in [0.3, 0.4) is 0 Å². The first kappa shape index (κ1) is 17.6. The fourth-order valence-electron chi connectivity index (χ4n) is 3.15. The van der Waals surface area contributed by atoms with Crippen molar-refractivity contribution in [3.8, 4) is 0 Å². The van der Waals surface area contributed by atoms with Crippen LogP contribution in [0.1, 0.15) is 30.7 Å². The number of hydrogen-bond donors (Lipinski definition) is 0. The van der Waals surface area contributed by atoms with Crippen LogP contribution in [0.15, 0.2) is 24.3 Å². The topological polar surface area (TPSA) is 29.5 Å². The lowest BCUT2D eigenvalue weighted by molar-refractivity contribution is -0.148. The van der Waals surface area contributed by atoms with Gasteiger partial charge in [0.15, 0.2) is 0 Å². The number of rotatable bonds is 6. The molecule has 1 heterocycles. The molecule has 0 radical (unpaired) electrons. The molecule has 1 fully saturated rings. The second-order valence-electron chi connectivity index (χ2n) is 5.77. The predicted molar refractivity (Wildman–Crippen MR) is 90.7 cm³/mol. The Hall–Kier alpha value is -0.770. The number of piperidine rings is 1. The summed E-state index contributed by atoms with van der Waals surface area (Å²) in [5, 5.41) is 0.719. The van der Waals surface area contributed by atoms with Gasteiger partial charge in [0.1, 0.15) is 0 Å². The van der Waals surface area contributed by atoms with E-state index in [0.29, 0.717) is 5.88 Å². The zero-order chi connectivity index (χ0) is 15.9. The van der Waals surface area contributed by atoms with Crippen LogP contribution in [0.2, 0.25) is 5.02 Å². The van der Waals surface area contributed by atoms with Crippen LogP contribution in [0, 0.1) is 5.92 Å². The van der Waals surface area contributed by atoms with Crippen molar-refractivity contribution in [2.75, 3.05) is 32.6 Å². The number of halogens is 2. The van der Waals surface area contributed by atoms with Gasteiger partial charge >= 0.3 is 5.97 Å². The molecule has 1 aromatic carbocycles. The van der Waals surface area contributed by atoms with E-state index >= 15 is 0 Å². The molecule has 122 valence electrons. The maximum atomic E-state index is 12.2. The smallest absolute Gasteiger partial charge is 0.310 e. The number of alkyl halides is 1. The number of unbranched alkanes of at least 4 members (excludes halogenated alkanes) is 1. The van der Waals surface area contributed by atoms with Crippen LogP contribution in [-0.2, 0) is 9.53 Å². The Morgan fingerprint density at radius 2 is 2.05 bits per heavy atom. The Kier molecular flexibility index (Phi) is 7.00. The lowest BCUT2D eigenvalue weighted by atomic mass is 9.80. The molecule has 5 heteroatoms. The third-order valence-electron chi connectivity index (χ3n) is 4.36. The van der Waals surface area contributed by atoms with Crippen LogP contribution >= 0.6 is 23.2 Å². The van der Waals surface area contributed by atoms with E-state index < -0.39 is 0 Å². The molecule has 3 nitrogen and oxygen atoms in total. The van der Waals surface area contributed by atoms with Crippen molar-refractivity contribution in [1.82, 2.24) is 4.90 Å². The summed E-state index contributed by atoms with van der Waals surface area (Å²) in [4.78, 5) is 14.5. The molecule has 1 aliphatic heterocycles. The highest BCUT2D eigenvalue weighted by Gasteiger charge is 2.35. The van der Waals surface area contributed by atoms with E-state index in [1.165, 1.54) is 12.7 Å². The van der Waals surface area contributed by atoms with Gasteiger partial charge in [0, 0.05) is 17.4 Å². The number of nitrogens with zero attached hydrogens (tertiary/aromatic N) is 1. The first-order valence-corrected chi connectivity index (χ1v) is 8.68. The maximum absolute atomic E-state index is 12.2. The van der Waals surface area contributed by atoms with Gasteiger partial charge < -0.3 is 9.64 Å². The van der Waals surface area contributed by atoms with Crippen molar-refractivity contribution in [3.05, 3.63) is 34.9 Å². The van der Waals surface area contributed by atoms with Gasteiger partial charge in [-0.2, -0.15) is 0 Å². The summed E-state index contributed by atoms with van der Waals surface area (Å²) < 4.78 is 5.03. The van der Waals surface area contributed by atoms with Crippen LogP contribution in [0.5, 0.6) is 0 Å². The highest BCUT2D eigenvalue weighted by Crippen LogP contribution is 2.34. The van der Waals surface area contributed by atoms with E-state index in [4.69, 9.17) is 27.9 Å². The fourth-order valence-corrected chi connectivity index (χ4v) is 3.47. The second-order valence-corrected chi connectivity index (χ2v) is 6.59. The predicted octanol–water partition coefficient (Wildman–Crippen LogP) is 3.94. The van der Waals surface area contributed by atoms with Crippen LogP contribution < -0.4 is 0 Å². The van der Waals surface area contributed by atoms with Crippen molar-refractivity contribution < 1.29 is 9.53 Å². The Morgan fingerprint density at radius 3 is 2.68 bits per heavy atom. The Labute approximate surface area is 142 Å². The Bertz CT molecular complexity index is 478. The van der Waals surface area contributed by atoms with Crippen molar-refractivity contribution >= 4 is 29.2 Å². The molecule has 22 heavy (non-hydrogen) atoms. The zero-order valence-corrected chi connectivity index (χ0v) is 14.4. The largest absolute Gasteiger partial charge is 0.469 e. The lowest BCUT2D eigenvalue weighted by Gasteiger charge is -2.37. The fraction of sp³-hybridized carbons (Fsp3) is 0.588. The van der Waals surface area contributed by atoms with Gasteiger partial charge in [-0.3, -0.25) is 4.79 Å². The van der Waals surface area contributed by atoms with Gasteiger partial charge in [0.25, 0.3) is 0 Å².